The number of ether oxygens (including phenoxy) is 5. The molecule has 17 heteroatoms. The summed E-state index contributed by atoms with van der Waals surface area (Å²) in [5.41, 5.74) is 11.0. The number of para-hydroxylation sites is 2. The number of benzene rings is 5. The van der Waals surface area contributed by atoms with Crippen LogP contribution in [-0.2, 0) is 52.6 Å². The number of hydrogen-bond acceptors (Lipinski definition) is 12. The van der Waals surface area contributed by atoms with Crippen LogP contribution in [0, 0.1) is 6.92 Å². The van der Waals surface area contributed by atoms with E-state index < -0.39 is 10.6 Å². The third kappa shape index (κ3) is 12.9. The third-order valence-electron chi connectivity index (χ3n) is 12.9. The van der Waals surface area contributed by atoms with Gasteiger partial charge in [-0.1, -0.05) is 43.3 Å². The Morgan fingerprint density at radius 3 is 1.96 bits per heavy atom. The number of carbonyl (C=O) groups is 2. The summed E-state index contributed by atoms with van der Waals surface area (Å²) < 4.78 is 55.9. The largest absolute Gasteiger partial charge is 1.00 e. The fraction of sp³-hybridized carbons (Fsp3) is 0.407. The van der Waals surface area contributed by atoms with Crippen LogP contribution in [0.25, 0.3) is 5.32 Å². The van der Waals surface area contributed by atoms with Crippen molar-refractivity contribution in [1.82, 2.24) is 0 Å². The molecule has 0 N–H and O–H groups in total. The maximum absolute atomic E-state index is 14.1. The Labute approximate surface area is 446 Å². The zero-order valence-corrected chi connectivity index (χ0v) is 45.2. The van der Waals surface area contributed by atoms with E-state index in [0.29, 0.717) is 68.8 Å². The minimum atomic E-state index is -3.11. The van der Waals surface area contributed by atoms with E-state index in [2.05, 4.69) is 74.2 Å². The van der Waals surface area contributed by atoms with Crippen molar-refractivity contribution < 1.29 is 75.5 Å². The van der Waals surface area contributed by atoms with E-state index >= 15 is 0 Å². The van der Waals surface area contributed by atoms with Crippen LogP contribution in [0.3, 0.4) is 0 Å². The summed E-state index contributed by atoms with van der Waals surface area (Å²) in [4.78, 5) is 34.4. The van der Waals surface area contributed by atoms with Crippen LogP contribution in [0.5, 0.6) is 17.2 Å². The van der Waals surface area contributed by atoms with E-state index in [1.807, 2.05) is 53.1 Å². The van der Waals surface area contributed by atoms with Crippen LogP contribution in [0.2, 0.25) is 0 Å². The van der Waals surface area contributed by atoms with Crippen molar-refractivity contribution in [2.24, 2.45) is 0 Å². The van der Waals surface area contributed by atoms with Gasteiger partial charge in [-0.3, -0.25) is 9.59 Å². The minimum absolute atomic E-state index is 0. The standard InChI is InChI=1S/C54H62N4O7S.Na.O3S/c1-6-18-62-20-21-63-19-17-56(34-54(3,4)66)42-24-36(32-64-49-28-38-15-16-41-26-39-11-7-9-13-47(39)57(41)52(59)44(38)22-35(49)2)23-37(25-42)33-65-51-30-46-45(29-50(51)61-5)53(60)58-43(31-55-46)27-40-12-8-10-14-48(40)58;;1-4(2)3/h7-14,22-25,28-30,41,43H,6,15-21,26-27,31-34H2,1-5H3,(H2,55,60,66);;/q;+1;/p-1/t41-,43+;;/m1../s1. The maximum Gasteiger partial charge on any atom is 1.00 e. The Balaban J connectivity index is 0.00000143. The normalized spacial score (nSPS) is 16.3. The fourth-order valence-electron chi connectivity index (χ4n) is 9.87. The van der Waals surface area contributed by atoms with E-state index in [4.69, 9.17) is 54.3 Å². The first-order chi connectivity index (χ1) is 33.7. The molecule has 2 atom stereocenters. The number of hydrogen-bond donors (Lipinski definition) is 1. The molecule has 0 aromatic heterocycles. The molecule has 4 aliphatic heterocycles. The van der Waals surface area contributed by atoms with Crippen LogP contribution in [-0.4, -0.2) is 94.4 Å². The average Bonchev–Trinajstić information content (AvgIpc) is 3.82. The van der Waals surface area contributed by atoms with Gasteiger partial charge in [0, 0.05) is 64.7 Å². The van der Waals surface area contributed by atoms with Crippen molar-refractivity contribution in [2.45, 2.75) is 89.8 Å². The van der Waals surface area contributed by atoms with Crippen LogP contribution in [0.15, 0.2) is 91.0 Å². The summed E-state index contributed by atoms with van der Waals surface area (Å²) in [6.45, 7) is 12.9. The van der Waals surface area contributed by atoms with Gasteiger partial charge in [0.05, 0.1) is 26.9 Å². The second kappa shape index (κ2) is 24.1. The molecule has 0 unspecified atom stereocenters. The van der Waals surface area contributed by atoms with Gasteiger partial charge >= 0.3 is 40.2 Å². The van der Waals surface area contributed by atoms with Gasteiger partial charge in [0.1, 0.15) is 19.0 Å². The predicted molar refractivity (Wildman–Crippen MR) is 274 cm³/mol. The number of carbonyl (C=O) groups excluding carboxylic acids is 2. The number of aryl methyl sites for hydroxylation is 2. The van der Waals surface area contributed by atoms with Crippen molar-refractivity contribution in [2.75, 3.05) is 67.9 Å². The Morgan fingerprint density at radius 2 is 1.32 bits per heavy atom. The molecular formula is C54H61N4NaO10S2. The van der Waals surface area contributed by atoms with Gasteiger partial charge in [0.25, 0.3) is 11.8 Å². The van der Waals surface area contributed by atoms with Gasteiger partial charge in [0.2, 0.25) is 0 Å². The Hall–Kier alpha value is -5.07. The molecular weight excluding hydrogens is 952 g/mol. The molecule has 2 amide bonds. The quantitative estimate of drug-likeness (QED) is 0.0604. The molecule has 14 nitrogen and oxygen atoms in total. The molecule has 0 spiro atoms. The Morgan fingerprint density at radius 1 is 0.732 bits per heavy atom. The smallest absolute Gasteiger partial charge is 0.682 e. The molecule has 370 valence electrons. The second-order valence-corrected chi connectivity index (χ2v) is 20.4. The van der Waals surface area contributed by atoms with Gasteiger partial charge < -0.3 is 43.7 Å². The van der Waals surface area contributed by atoms with Crippen molar-refractivity contribution in [3.8, 4) is 17.2 Å². The van der Waals surface area contributed by atoms with Gasteiger partial charge in [-0.15, -0.1) is 24.9 Å². The summed E-state index contributed by atoms with van der Waals surface area (Å²) in [6.07, 6.45) is 4.31. The number of nitrogens with zero attached hydrogens (tertiary/aromatic N) is 4. The summed E-state index contributed by atoms with van der Waals surface area (Å²) in [5.74, 6) is 1.70. The first-order valence-corrected chi connectivity index (χ1v) is 25.3. The maximum atomic E-state index is 14.1. The first kappa shape index (κ1) is 53.7. The average molecular weight is 1010 g/mol. The zero-order valence-electron chi connectivity index (χ0n) is 41.4. The SMILES string of the molecule is CCCOCCOCCN(CC(C)(C)S)c1cc(COc2cc3c(cc2C)C(=O)N2c4ccccc4C[C@H]2CC3)cc(COc2cc3c(cc2OC)C(=O)N2c4ccccc4C[C@H]2C[N-]3)c1.O=S(=O)=O.[Na+]. The van der Waals surface area contributed by atoms with Crippen molar-refractivity contribution in [3.63, 3.8) is 0 Å². The minimum Gasteiger partial charge on any atom is -0.682 e. The zero-order chi connectivity index (χ0) is 49.5. The van der Waals surface area contributed by atoms with E-state index in [1.165, 1.54) is 5.56 Å². The predicted octanol–water partition coefficient (Wildman–Crippen LogP) is 6.23. The number of methoxy groups -OCH3 is 1. The Bertz CT molecular complexity index is 2840. The van der Waals surface area contributed by atoms with Gasteiger partial charge in [-0.25, -0.2) is 0 Å². The molecule has 4 aliphatic rings. The Kier molecular flexibility index (Phi) is 18.2. The summed E-state index contributed by atoms with van der Waals surface area (Å²) >= 11 is 4.96. The van der Waals surface area contributed by atoms with E-state index in [9.17, 15) is 9.59 Å². The number of thiol groups is 1. The van der Waals surface area contributed by atoms with Gasteiger partial charge in [-0.05, 0) is 141 Å². The molecule has 71 heavy (non-hydrogen) atoms. The molecule has 9 rings (SSSR count). The number of anilines is 3. The molecule has 0 saturated heterocycles. The summed E-state index contributed by atoms with van der Waals surface area (Å²) in [6, 6.07) is 30.6. The molecule has 5 aromatic rings. The van der Waals surface area contributed by atoms with Crippen molar-refractivity contribution in [3.05, 3.63) is 141 Å². The first-order valence-electron chi connectivity index (χ1n) is 23.8. The van der Waals surface area contributed by atoms with Crippen molar-refractivity contribution in [1.29, 1.82) is 0 Å². The van der Waals surface area contributed by atoms with Gasteiger partial charge in [-0.2, -0.15) is 12.6 Å². The molecule has 0 bridgehead atoms. The number of rotatable bonds is 18. The molecule has 4 heterocycles. The van der Waals surface area contributed by atoms with Crippen LogP contribution in [0.1, 0.15) is 87.7 Å². The number of fused-ring (bicyclic) bond motifs is 8. The number of amides is 2. The fourth-order valence-corrected chi connectivity index (χ4v) is 10.0. The van der Waals surface area contributed by atoms with Gasteiger partial charge in [0.15, 0.2) is 11.5 Å². The summed E-state index contributed by atoms with van der Waals surface area (Å²) in [7, 11) is -1.52. The van der Waals surface area contributed by atoms with E-state index in [0.717, 1.165) is 94.9 Å². The topological polar surface area (TPSA) is 155 Å². The third-order valence-corrected chi connectivity index (χ3v) is 13.1. The van der Waals surface area contributed by atoms with Crippen LogP contribution < -0.4 is 58.5 Å². The van der Waals surface area contributed by atoms with E-state index in [1.54, 1.807) is 13.2 Å². The van der Waals surface area contributed by atoms with Crippen molar-refractivity contribution >= 4 is 57.8 Å². The molecule has 0 saturated carbocycles. The molecule has 5 aromatic carbocycles. The molecule has 0 aliphatic carbocycles. The monoisotopic (exact) mass is 1010 g/mol. The van der Waals surface area contributed by atoms with E-state index in [-0.39, 0.29) is 64.8 Å². The summed E-state index contributed by atoms with van der Waals surface area (Å²) in [5, 5.41) is 4.95. The molecule has 0 fully saturated rings. The van der Waals surface area contributed by atoms with Crippen LogP contribution in [0.4, 0.5) is 22.7 Å². The second-order valence-electron chi connectivity index (χ2n) is 18.7. The van der Waals surface area contributed by atoms with Crippen LogP contribution >= 0.6 is 12.6 Å². The molecule has 0 radical (unpaired) electrons.